The van der Waals surface area contributed by atoms with E-state index in [-0.39, 0.29) is 5.75 Å². The first-order chi connectivity index (χ1) is 13.2. The summed E-state index contributed by atoms with van der Waals surface area (Å²) in [6.45, 7) is 0.374. The molecule has 0 spiro atoms. The van der Waals surface area contributed by atoms with Gasteiger partial charge in [0.05, 0.1) is 11.9 Å². The SMILES string of the molecule is Oc1cc(OCc2cccc(Cl)c2)ccc1-c1[nH]ncc1-c1ccccc1. The van der Waals surface area contributed by atoms with Crippen LogP contribution in [0.25, 0.3) is 22.4 Å². The zero-order valence-corrected chi connectivity index (χ0v) is 15.1. The van der Waals surface area contributed by atoms with Crippen LogP contribution in [0.2, 0.25) is 5.02 Å². The molecule has 0 amide bonds. The molecule has 0 bridgehead atoms. The van der Waals surface area contributed by atoms with Gasteiger partial charge in [0.15, 0.2) is 0 Å². The fourth-order valence-electron chi connectivity index (χ4n) is 2.93. The van der Waals surface area contributed by atoms with Crippen molar-refractivity contribution in [1.29, 1.82) is 0 Å². The van der Waals surface area contributed by atoms with Crippen molar-refractivity contribution in [2.24, 2.45) is 0 Å². The minimum Gasteiger partial charge on any atom is -0.507 e. The van der Waals surface area contributed by atoms with Crippen LogP contribution in [0.5, 0.6) is 11.5 Å². The molecule has 0 atom stereocenters. The molecule has 1 aromatic heterocycles. The van der Waals surface area contributed by atoms with Crippen LogP contribution >= 0.6 is 11.6 Å². The third kappa shape index (κ3) is 3.81. The number of aromatic amines is 1. The molecule has 5 heteroatoms. The monoisotopic (exact) mass is 376 g/mol. The lowest BCUT2D eigenvalue weighted by molar-refractivity contribution is 0.304. The lowest BCUT2D eigenvalue weighted by Crippen LogP contribution is -1.95. The molecule has 0 unspecified atom stereocenters. The van der Waals surface area contributed by atoms with Gasteiger partial charge in [-0.1, -0.05) is 54.1 Å². The van der Waals surface area contributed by atoms with Crippen LogP contribution in [0.4, 0.5) is 0 Å². The van der Waals surface area contributed by atoms with E-state index in [0.717, 1.165) is 22.4 Å². The van der Waals surface area contributed by atoms with Gasteiger partial charge in [-0.15, -0.1) is 0 Å². The van der Waals surface area contributed by atoms with Crippen LogP contribution in [0.3, 0.4) is 0 Å². The Morgan fingerprint density at radius 1 is 0.926 bits per heavy atom. The minimum atomic E-state index is 0.125. The van der Waals surface area contributed by atoms with Gasteiger partial charge in [0, 0.05) is 22.2 Å². The van der Waals surface area contributed by atoms with E-state index >= 15 is 0 Å². The number of hydrogen-bond acceptors (Lipinski definition) is 3. The van der Waals surface area contributed by atoms with Crippen molar-refractivity contribution in [3.05, 3.63) is 89.6 Å². The van der Waals surface area contributed by atoms with Crippen molar-refractivity contribution < 1.29 is 9.84 Å². The summed E-state index contributed by atoms with van der Waals surface area (Å²) >= 11 is 5.99. The highest BCUT2D eigenvalue weighted by molar-refractivity contribution is 6.30. The van der Waals surface area contributed by atoms with E-state index in [1.54, 1.807) is 12.3 Å². The fraction of sp³-hybridized carbons (Fsp3) is 0.0455. The first-order valence-corrected chi connectivity index (χ1v) is 8.88. The maximum absolute atomic E-state index is 10.5. The van der Waals surface area contributed by atoms with E-state index < -0.39 is 0 Å². The summed E-state index contributed by atoms with van der Waals surface area (Å²) in [6, 6.07) is 22.7. The number of hydrogen-bond donors (Lipinski definition) is 2. The first-order valence-electron chi connectivity index (χ1n) is 8.50. The molecule has 0 fully saturated rings. The standard InChI is InChI=1S/C22H17ClN2O2/c23-17-8-4-5-15(11-17)14-27-18-9-10-19(21(26)12-18)22-20(13-24-25-22)16-6-2-1-3-7-16/h1-13,26H,14H2,(H,24,25). The topological polar surface area (TPSA) is 58.1 Å². The fourth-order valence-corrected chi connectivity index (χ4v) is 3.15. The molecule has 2 N–H and O–H groups in total. The highest BCUT2D eigenvalue weighted by Crippen LogP contribution is 2.37. The van der Waals surface area contributed by atoms with E-state index in [9.17, 15) is 5.11 Å². The van der Waals surface area contributed by atoms with Crippen molar-refractivity contribution in [1.82, 2.24) is 10.2 Å². The van der Waals surface area contributed by atoms with Crippen LogP contribution in [-0.2, 0) is 6.61 Å². The third-order valence-corrected chi connectivity index (χ3v) is 4.49. The average molecular weight is 377 g/mol. The molecule has 1 heterocycles. The quantitative estimate of drug-likeness (QED) is 0.471. The van der Waals surface area contributed by atoms with E-state index in [2.05, 4.69) is 10.2 Å². The second kappa shape index (κ2) is 7.56. The summed E-state index contributed by atoms with van der Waals surface area (Å²) < 4.78 is 5.77. The molecule has 0 saturated heterocycles. The summed E-state index contributed by atoms with van der Waals surface area (Å²) in [5.74, 6) is 0.706. The van der Waals surface area contributed by atoms with Gasteiger partial charge in [0.1, 0.15) is 18.1 Å². The zero-order chi connectivity index (χ0) is 18.6. The molecule has 0 aliphatic carbocycles. The van der Waals surface area contributed by atoms with Crippen molar-refractivity contribution in [3.8, 4) is 33.9 Å². The summed E-state index contributed by atoms with van der Waals surface area (Å²) in [7, 11) is 0. The van der Waals surface area contributed by atoms with Gasteiger partial charge in [-0.05, 0) is 35.4 Å². The Labute approximate surface area is 162 Å². The Kier molecular flexibility index (Phi) is 4.81. The second-order valence-corrected chi connectivity index (χ2v) is 6.56. The smallest absolute Gasteiger partial charge is 0.128 e. The highest BCUT2D eigenvalue weighted by Gasteiger charge is 2.14. The van der Waals surface area contributed by atoms with Gasteiger partial charge in [0.2, 0.25) is 0 Å². The Bertz CT molecular complexity index is 1060. The zero-order valence-electron chi connectivity index (χ0n) is 14.4. The van der Waals surface area contributed by atoms with Gasteiger partial charge in [0.25, 0.3) is 0 Å². The highest BCUT2D eigenvalue weighted by atomic mass is 35.5. The second-order valence-electron chi connectivity index (χ2n) is 6.12. The average Bonchev–Trinajstić information content (AvgIpc) is 3.17. The molecular formula is C22H17ClN2O2. The minimum absolute atomic E-state index is 0.125. The number of nitrogens with one attached hydrogen (secondary N) is 1. The molecule has 4 rings (SSSR count). The lowest BCUT2D eigenvalue weighted by Gasteiger charge is -2.10. The number of aromatic nitrogens is 2. The third-order valence-electron chi connectivity index (χ3n) is 4.26. The Hall–Kier alpha value is -3.24. The number of halogens is 1. The predicted octanol–water partition coefficient (Wildman–Crippen LogP) is 5.68. The van der Waals surface area contributed by atoms with Gasteiger partial charge >= 0.3 is 0 Å². The Balaban J connectivity index is 1.57. The predicted molar refractivity (Wildman–Crippen MR) is 107 cm³/mol. The van der Waals surface area contributed by atoms with Gasteiger partial charge < -0.3 is 9.84 Å². The van der Waals surface area contributed by atoms with E-state index in [1.165, 1.54) is 0 Å². The van der Waals surface area contributed by atoms with Crippen molar-refractivity contribution in [2.75, 3.05) is 0 Å². The molecule has 27 heavy (non-hydrogen) atoms. The van der Waals surface area contributed by atoms with Crippen molar-refractivity contribution in [3.63, 3.8) is 0 Å². The molecule has 0 aliphatic rings. The van der Waals surface area contributed by atoms with Gasteiger partial charge in [-0.25, -0.2) is 0 Å². The van der Waals surface area contributed by atoms with Crippen LogP contribution < -0.4 is 4.74 Å². The number of ether oxygens (including phenoxy) is 1. The first kappa shape index (κ1) is 17.2. The Morgan fingerprint density at radius 3 is 2.56 bits per heavy atom. The number of phenolic OH excluding ortho intramolecular Hbond substituents is 1. The Morgan fingerprint density at radius 2 is 1.78 bits per heavy atom. The number of aromatic hydroxyl groups is 1. The van der Waals surface area contributed by atoms with E-state index in [0.29, 0.717) is 22.9 Å². The van der Waals surface area contributed by atoms with Crippen LogP contribution in [-0.4, -0.2) is 15.3 Å². The van der Waals surface area contributed by atoms with Crippen molar-refractivity contribution >= 4 is 11.6 Å². The van der Waals surface area contributed by atoms with Crippen LogP contribution in [0, 0.1) is 0 Å². The molecule has 0 saturated carbocycles. The summed E-state index contributed by atoms with van der Waals surface area (Å²) in [5.41, 5.74) is 4.35. The number of nitrogens with zero attached hydrogens (tertiary/aromatic N) is 1. The largest absolute Gasteiger partial charge is 0.507 e. The normalized spacial score (nSPS) is 10.7. The number of phenols is 1. The van der Waals surface area contributed by atoms with E-state index in [1.807, 2.05) is 66.7 Å². The lowest BCUT2D eigenvalue weighted by atomic mass is 10.0. The number of H-pyrrole nitrogens is 1. The summed E-state index contributed by atoms with van der Waals surface area (Å²) in [4.78, 5) is 0. The van der Waals surface area contributed by atoms with Gasteiger partial charge in [-0.3, -0.25) is 5.10 Å². The number of benzene rings is 3. The van der Waals surface area contributed by atoms with Gasteiger partial charge in [-0.2, -0.15) is 5.10 Å². The summed E-state index contributed by atoms with van der Waals surface area (Å²) in [5, 5.41) is 18.3. The molecule has 4 aromatic rings. The molecule has 3 aromatic carbocycles. The maximum Gasteiger partial charge on any atom is 0.128 e. The van der Waals surface area contributed by atoms with Crippen LogP contribution in [0.1, 0.15) is 5.56 Å². The van der Waals surface area contributed by atoms with Crippen molar-refractivity contribution in [2.45, 2.75) is 6.61 Å². The summed E-state index contributed by atoms with van der Waals surface area (Å²) in [6.07, 6.45) is 1.76. The molecular weight excluding hydrogens is 360 g/mol. The number of rotatable bonds is 5. The molecule has 4 nitrogen and oxygen atoms in total. The molecule has 0 aliphatic heterocycles. The maximum atomic E-state index is 10.5. The molecule has 134 valence electrons. The van der Waals surface area contributed by atoms with Crippen LogP contribution in [0.15, 0.2) is 79.0 Å². The van der Waals surface area contributed by atoms with E-state index in [4.69, 9.17) is 16.3 Å². The molecule has 0 radical (unpaired) electrons.